The molecule has 0 saturated heterocycles. The van der Waals surface area contributed by atoms with Crippen LogP contribution < -0.4 is 0 Å². The lowest BCUT2D eigenvalue weighted by atomic mass is 10.2. The first kappa shape index (κ1) is 11.5. The van der Waals surface area contributed by atoms with Crippen molar-refractivity contribution in [3.63, 3.8) is 0 Å². The van der Waals surface area contributed by atoms with E-state index in [1.165, 1.54) is 18.0 Å². The van der Waals surface area contributed by atoms with Crippen LogP contribution in [-0.4, -0.2) is 26.0 Å². The van der Waals surface area contributed by atoms with Crippen LogP contribution in [0.3, 0.4) is 0 Å². The van der Waals surface area contributed by atoms with Crippen molar-refractivity contribution in [1.82, 2.24) is 15.0 Å². The van der Waals surface area contributed by atoms with Crippen LogP contribution in [-0.2, 0) is 0 Å². The largest absolute Gasteiger partial charge is 0.478 e. The number of hydrogen-bond donors (Lipinski definition) is 1. The number of nitrogens with zero attached hydrogens (tertiary/aromatic N) is 3. The zero-order chi connectivity index (χ0) is 12.3. The van der Waals surface area contributed by atoms with Crippen LogP contribution in [0.25, 0.3) is 0 Å². The molecule has 2 aromatic rings. The van der Waals surface area contributed by atoms with E-state index in [1.807, 2.05) is 6.92 Å². The molecule has 0 aliphatic carbocycles. The normalized spacial score (nSPS) is 10.2. The van der Waals surface area contributed by atoms with Gasteiger partial charge in [-0.3, -0.25) is 4.98 Å². The van der Waals surface area contributed by atoms with Crippen LogP contribution in [0.4, 0.5) is 0 Å². The summed E-state index contributed by atoms with van der Waals surface area (Å²) in [7, 11) is 0. The maximum absolute atomic E-state index is 11.0. The lowest BCUT2D eigenvalue weighted by Gasteiger charge is -2.04. The lowest BCUT2D eigenvalue weighted by Crippen LogP contribution is -2.01. The molecule has 1 N–H and O–H groups in total. The van der Waals surface area contributed by atoms with E-state index in [2.05, 4.69) is 15.0 Å². The minimum absolute atomic E-state index is 0.160. The van der Waals surface area contributed by atoms with E-state index in [4.69, 9.17) is 5.11 Å². The number of hydrogen-bond acceptors (Lipinski definition) is 5. The molecular formula is C11H9N3O2S. The quantitative estimate of drug-likeness (QED) is 0.836. The maximum Gasteiger partial charge on any atom is 0.338 e. The smallest absolute Gasteiger partial charge is 0.338 e. The second-order valence-electron chi connectivity index (χ2n) is 3.26. The molecule has 0 radical (unpaired) electrons. The Kier molecular flexibility index (Phi) is 3.34. The minimum Gasteiger partial charge on any atom is -0.478 e. The van der Waals surface area contributed by atoms with Gasteiger partial charge >= 0.3 is 5.97 Å². The van der Waals surface area contributed by atoms with Gasteiger partial charge in [0.1, 0.15) is 0 Å². The number of carbonyl (C=O) groups is 1. The van der Waals surface area contributed by atoms with Gasteiger partial charge in [-0.25, -0.2) is 14.8 Å². The Morgan fingerprint density at radius 1 is 1.29 bits per heavy atom. The van der Waals surface area contributed by atoms with Crippen molar-refractivity contribution in [2.24, 2.45) is 0 Å². The van der Waals surface area contributed by atoms with Gasteiger partial charge in [-0.15, -0.1) is 0 Å². The number of aromatic carboxylic acids is 1. The molecule has 2 aromatic heterocycles. The minimum atomic E-state index is -1.00. The molecule has 0 saturated carbocycles. The maximum atomic E-state index is 11.0. The predicted molar refractivity (Wildman–Crippen MR) is 62.1 cm³/mol. The highest BCUT2D eigenvalue weighted by Gasteiger charge is 2.13. The zero-order valence-electron chi connectivity index (χ0n) is 8.99. The van der Waals surface area contributed by atoms with Crippen molar-refractivity contribution < 1.29 is 9.90 Å². The van der Waals surface area contributed by atoms with Crippen molar-refractivity contribution in [3.05, 3.63) is 42.0 Å². The first-order valence-electron chi connectivity index (χ1n) is 4.81. The van der Waals surface area contributed by atoms with Crippen LogP contribution in [0.15, 0.2) is 40.8 Å². The topological polar surface area (TPSA) is 76.0 Å². The lowest BCUT2D eigenvalue weighted by molar-refractivity contribution is 0.0692. The van der Waals surface area contributed by atoms with E-state index < -0.39 is 5.97 Å². The average molecular weight is 247 g/mol. The highest BCUT2D eigenvalue weighted by atomic mass is 32.2. The van der Waals surface area contributed by atoms with Crippen molar-refractivity contribution in [2.45, 2.75) is 17.0 Å². The third-order valence-electron chi connectivity index (χ3n) is 1.98. The molecule has 17 heavy (non-hydrogen) atoms. The summed E-state index contributed by atoms with van der Waals surface area (Å²) in [5, 5.41) is 9.55. The molecule has 0 amide bonds. The Bertz CT molecular complexity index is 546. The van der Waals surface area contributed by atoms with Gasteiger partial charge in [0.05, 0.1) is 5.56 Å². The highest BCUT2D eigenvalue weighted by Crippen LogP contribution is 2.27. The summed E-state index contributed by atoms with van der Waals surface area (Å²) in [5.74, 6) is -1.00. The van der Waals surface area contributed by atoms with Crippen molar-refractivity contribution >= 4 is 17.7 Å². The van der Waals surface area contributed by atoms with Crippen LogP contribution >= 0.6 is 11.8 Å². The molecule has 6 heteroatoms. The van der Waals surface area contributed by atoms with Crippen LogP contribution in [0.1, 0.15) is 16.1 Å². The summed E-state index contributed by atoms with van der Waals surface area (Å²) >= 11 is 1.21. The molecule has 5 nitrogen and oxygen atoms in total. The van der Waals surface area contributed by atoms with Crippen LogP contribution in [0.5, 0.6) is 0 Å². The number of aromatic nitrogens is 3. The van der Waals surface area contributed by atoms with E-state index >= 15 is 0 Å². The van der Waals surface area contributed by atoms with Gasteiger partial charge in [0.25, 0.3) is 0 Å². The molecule has 0 aromatic carbocycles. The van der Waals surface area contributed by atoms with E-state index in [-0.39, 0.29) is 5.56 Å². The van der Waals surface area contributed by atoms with Gasteiger partial charge in [-0.1, -0.05) is 0 Å². The van der Waals surface area contributed by atoms with Gasteiger partial charge in [-0.05, 0) is 30.8 Å². The van der Waals surface area contributed by atoms with Gasteiger partial charge in [0.15, 0.2) is 5.16 Å². The summed E-state index contributed by atoms with van der Waals surface area (Å²) in [5.41, 5.74) is 0.918. The highest BCUT2D eigenvalue weighted by molar-refractivity contribution is 7.99. The molecular weight excluding hydrogens is 238 g/mol. The number of rotatable bonds is 3. The van der Waals surface area contributed by atoms with E-state index in [9.17, 15) is 4.79 Å². The van der Waals surface area contributed by atoms with Crippen LogP contribution in [0, 0.1) is 6.92 Å². The fourth-order valence-corrected chi connectivity index (χ4v) is 2.12. The van der Waals surface area contributed by atoms with Crippen molar-refractivity contribution in [1.29, 1.82) is 0 Å². The fourth-order valence-electron chi connectivity index (χ4n) is 1.22. The van der Waals surface area contributed by atoms with Gasteiger partial charge in [0, 0.05) is 29.2 Å². The SMILES string of the molecule is Cc1cc(Sc2ncccn2)c(C(=O)O)cn1. The molecule has 0 unspecified atom stereocenters. The van der Waals surface area contributed by atoms with Crippen molar-refractivity contribution in [3.8, 4) is 0 Å². The second-order valence-corrected chi connectivity index (χ2v) is 4.27. The van der Waals surface area contributed by atoms with Crippen LogP contribution in [0.2, 0.25) is 0 Å². The zero-order valence-corrected chi connectivity index (χ0v) is 9.81. The predicted octanol–water partition coefficient (Wildman–Crippen LogP) is 2.03. The molecule has 0 aliphatic heterocycles. The number of pyridine rings is 1. The van der Waals surface area contributed by atoms with E-state index in [0.717, 1.165) is 5.69 Å². The molecule has 0 aliphatic rings. The molecule has 2 heterocycles. The number of aryl methyl sites for hydroxylation is 1. The Morgan fingerprint density at radius 2 is 2.00 bits per heavy atom. The monoisotopic (exact) mass is 247 g/mol. The number of carboxylic acids is 1. The summed E-state index contributed by atoms with van der Waals surface area (Å²) < 4.78 is 0. The summed E-state index contributed by atoms with van der Waals surface area (Å²) in [6, 6.07) is 3.42. The van der Waals surface area contributed by atoms with Gasteiger partial charge < -0.3 is 5.11 Å². The number of carboxylic acid groups (broad SMARTS) is 1. The second kappa shape index (κ2) is 4.92. The van der Waals surface area contributed by atoms with E-state index in [0.29, 0.717) is 10.1 Å². The molecule has 0 bridgehead atoms. The van der Waals surface area contributed by atoms with E-state index in [1.54, 1.807) is 24.5 Å². The Balaban J connectivity index is 2.37. The average Bonchev–Trinajstić information content (AvgIpc) is 2.30. The summed E-state index contributed by atoms with van der Waals surface area (Å²) in [4.78, 5) is 23.7. The van der Waals surface area contributed by atoms with Crippen molar-refractivity contribution in [2.75, 3.05) is 0 Å². The Labute approximate surface area is 102 Å². The molecule has 2 rings (SSSR count). The third-order valence-corrected chi connectivity index (χ3v) is 2.93. The third kappa shape index (κ3) is 2.79. The molecule has 0 fully saturated rings. The summed E-state index contributed by atoms with van der Waals surface area (Å²) in [6.45, 7) is 1.81. The first-order chi connectivity index (χ1) is 8.16. The molecule has 86 valence electrons. The molecule has 0 spiro atoms. The van der Waals surface area contributed by atoms with Gasteiger partial charge in [0.2, 0.25) is 0 Å². The Hall–Kier alpha value is -1.95. The summed E-state index contributed by atoms with van der Waals surface area (Å²) in [6.07, 6.45) is 4.58. The Morgan fingerprint density at radius 3 is 2.65 bits per heavy atom. The first-order valence-corrected chi connectivity index (χ1v) is 5.63. The van der Waals surface area contributed by atoms with Gasteiger partial charge in [-0.2, -0.15) is 0 Å². The standard InChI is InChI=1S/C11H9N3O2S/c1-7-5-9(8(6-14-7)10(15)16)17-11-12-3-2-4-13-11/h2-6H,1H3,(H,15,16). The molecule has 0 atom stereocenters. The fraction of sp³-hybridized carbons (Fsp3) is 0.0909.